The molecule has 4 heteroatoms. The average Bonchev–Trinajstić information content (AvgIpc) is 3.46. The van der Waals surface area contributed by atoms with E-state index in [1.54, 1.807) is 0 Å². The van der Waals surface area contributed by atoms with E-state index in [1.165, 1.54) is 44.5 Å². The van der Waals surface area contributed by atoms with Crippen molar-refractivity contribution in [3.8, 4) is 22.3 Å². The molecular formula is C34H34N2OS. The lowest BCUT2D eigenvalue weighted by Crippen LogP contribution is -2.17. The Morgan fingerprint density at radius 1 is 0.605 bits per heavy atom. The third-order valence-electron chi connectivity index (χ3n) is 7.17. The molecule has 2 aliphatic carbocycles. The summed E-state index contributed by atoms with van der Waals surface area (Å²) in [6.45, 7) is 8.02. The Morgan fingerprint density at radius 2 is 1.05 bits per heavy atom. The molecule has 2 N–H and O–H groups in total. The third kappa shape index (κ3) is 5.41. The monoisotopic (exact) mass is 518 g/mol. The highest BCUT2D eigenvalue weighted by atomic mass is 32.1. The van der Waals surface area contributed by atoms with Crippen molar-refractivity contribution >= 4 is 34.5 Å². The SMILES string of the molecule is CC(C)C(=O)Nc1ccc2c(c1)Cc1ccccc1-2.CC(C)C(=S)Nc1ccc2c(c1)Cc1ccccc1-2. The standard InChI is InChI=1S/C17H17NO.C17H17NS/c2*1-11(2)17(19)18-14-7-8-16-13(10-14)9-12-5-3-4-6-15(12)16/h2*3-8,10-11H,9H2,1-2H3,(H,18,19). The zero-order valence-corrected chi connectivity index (χ0v) is 23.3. The molecule has 0 spiro atoms. The molecule has 1 amide bonds. The predicted molar refractivity (Wildman–Crippen MR) is 164 cm³/mol. The van der Waals surface area contributed by atoms with Crippen LogP contribution in [0.3, 0.4) is 0 Å². The molecule has 0 radical (unpaired) electrons. The quantitative estimate of drug-likeness (QED) is 0.230. The van der Waals surface area contributed by atoms with Gasteiger partial charge in [0, 0.05) is 23.2 Å². The van der Waals surface area contributed by atoms with Crippen LogP contribution in [0.4, 0.5) is 11.4 Å². The Balaban J connectivity index is 0.000000155. The number of fused-ring (bicyclic) bond motifs is 6. The van der Waals surface area contributed by atoms with Crippen LogP contribution < -0.4 is 10.6 Å². The Bertz CT molecular complexity index is 1400. The van der Waals surface area contributed by atoms with Crippen molar-refractivity contribution in [2.24, 2.45) is 11.8 Å². The van der Waals surface area contributed by atoms with Gasteiger partial charge < -0.3 is 10.6 Å². The van der Waals surface area contributed by atoms with Crippen molar-refractivity contribution in [1.29, 1.82) is 0 Å². The zero-order valence-electron chi connectivity index (χ0n) is 22.5. The van der Waals surface area contributed by atoms with Crippen molar-refractivity contribution in [1.82, 2.24) is 0 Å². The van der Waals surface area contributed by atoms with E-state index in [-0.39, 0.29) is 11.8 Å². The Morgan fingerprint density at radius 3 is 1.53 bits per heavy atom. The topological polar surface area (TPSA) is 41.1 Å². The second kappa shape index (κ2) is 10.9. The van der Waals surface area contributed by atoms with Gasteiger partial charge in [-0.15, -0.1) is 0 Å². The molecule has 0 unspecified atom stereocenters. The van der Waals surface area contributed by atoms with Crippen LogP contribution in [-0.2, 0) is 17.6 Å². The van der Waals surface area contributed by atoms with Gasteiger partial charge in [-0.1, -0.05) is 101 Å². The molecule has 0 saturated carbocycles. The molecule has 4 aromatic rings. The lowest BCUT2D eigenvalue weighted by atomic mass is 10.1. The maximum absolute atomic E-state index is 11.7. The predicted octanol–water partition coefficient (Wildman–Crippen LogP) is 8.51. The fraction of sp³-hybridized carbons (Fsp3) is 0.235. The summed E-state index contributed by atoms with van der Waals surface area (Å²) in [6.07, 6.45) is 1.98. The Kier molecular flexibility index (Phi) is 7.44. The lowest BCUT2D eigenvalue weighted by molar-refractivity contribution is -0.118. The summed E-state index contributed by atoms with van der Waals surface area (Å²) >= 11 is 5.35. The second-order valence-electron chi connectivity index (χ2n) is 10.7. The van der Waals surface area contributed by atoms with Crippen molar-refractivity contribution in [2.45, 2.75) is 40.5 Å². The first-order chi connectivity index (χ1) is 18.3. The summed E-state index contributed by atoms with van der Waals surface area (Å²) in [4.78, 5) is 12.6. The van der Waals surface area contributed by atoms with E-state index in [9.17, 15) is 4.79 Å². The van der Waals surface area contributed by atoms with Gasteiger partial charge in [0.25, 0.3) is 0 Å². The normalized spacial score (nSPS) is 12.2. The zero-order chi connectivity index (χ0) is 26.8. The number of hydrogen-bond donors (Lipinski definition) is 2. The first-order valence-corrected chi connectivity index (χ1v) is 13.7. The molecular weight excluding hydrogens is 484 g/mol. The maximum Gasteiger partial charge on any atom is 0.226 e. The van der Waals surface area contributed by atoms with Gasteiger partial charge in [-0.2, -0.15) is 0 Å². The van der Waals surface area contributed by atoms with Gasteiger partial charge in [0.1, 0.15) is 0 Å². The molecule has 2 aliphatic rings. The highest BCUT2D eigenvalue weighted by Gasteiger charge is 2.19. The summed E-state index contributed by atoms with van der Waals surface area (Å²) in [7, 11) is 0. The number of rotatable bonds is 4. The molecule has 3 nitrogen and oxygen atoms in total. The number of thiocarbonyl (C=S) groups is 1. The van der Waals surface area contributed by atoms with Gasteiger partial charge in [0.05, 0.1) is 4.99 Å². The minimum Gasteiger partial charge on any atom is -0.350 e. The largest absolute Gasteiger partial charge is 0.350 e. The van der Waals surface area contributed by atoms with Crippen molar-refractivity contribution in [2.75, 3.05) is 10.6 Å². The molecule has 0 fully saturated rings. The molecule has 6 rings (SSSR count). The number of anilines is 2. The summed E-state index contributed by atoms with van der Waals surface area (Å²) in [5.41, 5.74) is 12.8. The number of nitrogens with one attached hydrogen (secondary N) is 2. The van der Waals surface area contributed by atoms with Crippen LogP contribution in [0.1, 0.15) is 49.9 Å². The highest BCUT2D eigenvalue weighted by molar-refractivity contribution is 7.80. The molecule has 0 aromatic heterocycles. The van der Waals surface area contributed by atoms with E-state index < -0.39 is 0 Å². The first-order valence-electron chi connectivity index (χ1n) is 13.3. The lowest BCUT2D eigenvalue weighted by Gasteiger charge is -2.12. The summed E-state index contributed by atoms with van der Waals surface area (Å²) in [6, 6.07) is 29.8. The molecule has 0 aliphatic heterocycles. The van der Waals surface area contributed by atoms with E-state index in [0.29, 0.717) is 5.92 Å². The smallest absolute Gasteiger partial charge is 0.226 e. The van der Waals surface area contributed by atoms with Crippen LogP contribution in [0.25, 0.3) is 22.3 Å². The fourth-order valence-corrected chi connectivity index (χ4v) is 5.14. The summed E-state index contributed by atoms with van der Waals surface area (Å²) in [5.74, 6) is 0.446. The van der Waals surface area contributed by atoms with Gasteiger partial charge in [0.2, 0.25) is 5.91 Å². The van der Waals surface area contributed by atoms with Crippen LogP contribution >= 0.6 is 12.2 Å². The fourth-order valence-electron chi connectivity index (χ4n) is 5.02. The minimum absolute atomic E-state index is 0.00505. The van der Waals surface area contributed by atoms with Crippen LogP contribution in [0.15, 0.2) is 84.9 Å². The third-order valence-corrected chi connectivity index (χ3v) is 7.74. The summed E-state index contributed by atoms with van der Waals surface area (Å²) in [5, 5.41) is 6.29. The maximum atomic E-state index is 11.7. The summed E-state index contributed by atoms with van der Waals surface area (Å²) < 4.78 is 0. The van der Waals surface area contributed by atoms with E-state index in [2.05, 4.69) is 103 Å². The van der Waals surface area contributed by atoms with Gasteiger partial charge in [-0.3, -0.25) is 4.79 Å². The average molecular weight is 519 g/mol. The number of amides is 1. The van der Waals surface area contributed by atoms with Crippen LogP contribution in [0.5, 0.6) is 0 Å². The molecule has 38 heavy (non-hydrogen) atoms. The Labute approximate surface area is 231 Å². The first kappa shape index (κ1) is 25.9. The Hall–Kier alpha value is -3.76. The molecule has 0 heterocycles. The number of carbonyl (C=O) groups excluding carboxylic acids is 1. The van der Waals surface area contributed by atoms with Crippen molar-refractivity contribution in [3.05, 3.63) is 107 Å². The van der Waals surface area contributed by atoms with Gasteiger partial charge in [-0.05, 0) is 81.6 Å². The van der Waals surface area contributed by atoms with Gasteiger partial charge >= 0.3 is 0 Å². The van der Waals surface area contributed by atoms with Crippen LogP contribution in [0, 0.1) is 11.8 Å². The molecule has 0 bridgehead atoms. The van der Waals surface area contributed by atoms with Crippen LogP contribution in [-0.4, -0.2) is 10.9 Å². The van der Waals surface area contributed by atoms with E-state index in [0.717, 1.165) is 29.2 Å². The van der Waals surface area contributed by atoms with Crippen LogP contribution in [0.2, 0.25) is 0 Å². The number of benzene rings is 4. The minimum atomic E-state index is 0.00505. The molecule has 0 atom stereocenters. The van der Waals surface area contributed by atoms with E-state index in [1.807, 2.05) is 19.9 Å². The van der Waals surface area contributed by atoms with Crippen molar-refractivity contribution in [3.63, 3.8) is 0 Å². The molecule has 192 valence electrons. The highest BCUT2D eigenvalue weighted by Crippen LogP contribution is 2.38. The second-order valence-corrected chi connectivity index (χ2v) is 11.1. The van der Waals surface area contributed by atoms with Crippen molar-refractivity contribution < 1.29 is 4.79 Å². The molecule has 4 aromatic carbocycles. The van der Waals surface area contributed by atoms with Gasteiger partial charge in [0.15, 0.2) is 0 Å². The van der Waals surface area contributed by atoms with E-state index in [4.69, 9.17) is 12.2 Å². The molecule has 0 saturated heterocycles. The van der Waals surface area contributed by atoms with E-state index >= 15 is 0 Å². The van der Waals surface area contributed by atoms with Gasteiger partial charge in [-0.25, -0.2) is 0 Å². The number of carbonyl (C=O) groups is 1. The number of hydrogen-bond acceptors (Lipinski definition) is 2.